The van der Waals surface area contributed by atoms with Crippen molar-refractivity contribution < 1.29 is 4.79 Å². The molecule has 0 saturated heterocycles. The smallest absolute Gasteiger partial charge is 0.307 e. The molecule has 19 heavy (non-hydrogen) atoms. The van der Waals surface area contributed by atoms with Crippen molar-refractivity contribution in [3.05, 3.63) is 58.1 Å². The number of hydrogen-bond acceptors (Lipinski definition) is 1. The summed E-state index contributed by atoms with van der Waals surface area (Å²) in [6.07, 6.45) is 0. The minimum absolute atomic E-state index is 0.349. The highest BCUT2D eigenvalue weighted by atomic mass is 35.5. The molecule has 2 amide bonds. The van der Waals surface area contributed by atoms with Gasteiger partial charge in [0.05, 0.1) is 10.7 Å². The lowest BCUT2D eigenvalue weighted by molar-refractivity contribution is 0.262. The number of halogens is 2. The fourth-order valence-corrected chi connectivity index (χ4v) is 2.02. The van der Waals surface area contributed by atoms with Crippen molar-refractivity contribution in [2.24, 2.45) is 0 Å². The number of rotatable bonds is 2. The van der Waals surface area contributed by atoms with Gasteiger partial charge in [-0.15, -0.1) is 0 Å². The number of amides is 2. The molecule has 0 fully saturated rings. The normalized spacial score (nSPS) is 10.1. The number of aryl methyl sites for hydroxylation is 1. The van der Waals surface area contributed by atoms with Gasteiger partial charge in [0.25, 0.3) is 0 Å². The zero-order valence-electron chi connectivity index (χ0n) is 10.2. The SMILES string of the molecule is Cc1cc(Cl)ccc1NC(=O)Nc1ccccc1Cl. The molecule has 0 aliphatic carbocycles. The maximum atomic E-state index is 11.9. The highest BCUT2D eigenvalue weighted by molar-refractivity contribution is 6.33. The Bertz CT molecular complexity index is 614. The molecule has 0 spiro atoms. The second kappa shape index (κ2) is 5.95. The quantitative estimate of drug-likeness (QED) is 0.809. The molecule has 0 aromatic heterocycles. The minimum Gasteiger partial charge on any atom is -0.307 e. The Kier molecular flexibility index (Phi) is 4.30. The molecule has 0 unspecified atom stereocenters. The van der Waals surface area contributed by atoms with E-state index < -0.39 is 0 Å². The van der Waals surface area contributed by atoms with Crippen LogP contribution < -0.4 is 10.6 Å². The molecular weight excluding hydrogens is 283 g/mol. The largest absolute Gasteiger partial charge is 0.323 e. The zero-order chi connectivity index (χ0) is 13.8. The second-order valence-corrected chi connectivity index (χ2v) is 4.86. The molecule has 98 valence electrons. The van der Waals surface area contributed by atoms with Gasteiger partial charge in [-0.2, -0.15) is 0 Å². The lowest BCUT2D eigenvalue weighted by Gasteiger charge is -2.11. The topological polar surface area (TPSA) is 41.1 Å². The van der Waals surface area contributed by atoms with Crippen molar-refractivity contribution in [2.45, 2.75) is 6.92 Å². The lowest BCUT2D eigenvalue weighted by Crippen LogP contribution is -2.20. The first-order valence-electron chi connectivity index (χ1n) is 5.65. The van der Waals surface area contributed by atoms with Gasteiger partial charge in [0.1, 0.15) is 0 Å². The van der Waals surface area contributed by atoms with Gasteiger partial charge in [-0.25, -0.2) is 4.79 Å². The van der Waals surface area contributed by atoms with Crippen LogP contribution in [-0.2, 0) is 0 Å². The van der Waals surface area contributed by atoms with Crippen molar-refractivity contribution in [1.29, 1.82) is 0 Å². The van der Waals surface area contributed by atoms with E-state index in [0.717, 1.165) is 5.56 Å². The summed E-state index contributed by atoms with van der Waals surface area (Å²) in [5.74, 6) is 0. The molecule has 0 atom stereocenters. The molecule has 0 heterocycles. The number of para-hydroxylation sites is 1. The summed E-state index contributed by atoms with van der Waals surface area (Å²) in [6, 6.07) is 12.0. The number of carbonyl (C=O) groups excluding carboxylic acids is 1. The Morgan fingerprint density at radius 1 is 1.00 bits per heavy atom. The van der Waals surface area contributed by atoms with Crippen LogP contribution in [0.1, 0.15) is 5.56 Å². The summed E-state index contributed by atoms with van der Waals surface area (Å²) in [4.78, 5) is 11.9. The summed E-state index contributed by atoms with van der Waals surface area (Å²) >= 11 is 11.8. The average molecular weight is 295 g/mol. The van der Waals surface area contributed by atoms with Crippen molar-refractivity contribution in [1.82, 2.24) is 0 Å². The maximum Gasteiger partial charge on any atom is 0.323 e. The predicted molar refractivity (Wildman–Crippen MR) is 80.3 cm³/mol. The van der Waals surface area contributed by atoms with Crippen LogP contribution >= 0.6 is 23.2 Å². The van der Waals surface area contributed by atoms with E-state index in [0.29, 0.717) is 21.4 Å². The van der Waals surface area contributed by atoms with E-state index in [1.807, 2.05) is 6.92 Å². The Labute approximate surface area is 121 Å². The van der Waals surface area contributed by atoms with Gasteiger partial charge in [-0.3, -0.25) is 0 Å². The molecule has 0 bridgehead atoms. The van der Waals surface area contributed by atoms with E-state index in [-0.39, 0.29) is 6.03 Å². The molecule has 5 heteroatoms. The third-order valence-corrected chi connectivity index (χ3v) is 3.12. The summed E-state index contributed by atoms with van der Waals surface area (Å²) in [5.41, 5.74) is 2.16. The molecule has 2 N–H and O–H groups in total. The molecule has 0 aliphatic heterocycles. The third-order valence-electron chi connectivity index (χ3n) is 2.56. The molecule has 2 rings (SSSR count). The van der Waals surface area contributed by atoms with Gasteiger partial charge in [-0.1, -0.05) is 35.3 Å². The summed E-state index contributed by atoms with van der Waals surface area (Å²) in [7, 11) is 0. The third kappa shape index (κ3) is 3.63. The van der Waals surface area contributed by atoms with Crippen LogP contribution in [0, 0.1) is 6.92 Å². The number of benzene rings is 2. The fraction of sp³-hybridized carbons (Fsp3) is 0.0714. The van der Waals surface area contributed by atoms with E-state index in [4.69, 9.17) is 23.2 Å². The van der Waals surface area contributed by atoms with Crippen molar-refractivity contribution in [2.75, 3.05) is 10.6 Å². The van der Waals surface area contributed by atoms with E-state index >= 15 is 0 Å². The van der Waals surface area contributed by atoms with Gasteiger partial charge in [0.15, 0.2) is 0 Å². The van der Waals surface area contributed by atoms with Crippen LogP contribution in [0.25, 0.3) is 0 Å². The van der Waals surface area contributed by atoms with Gasteiger partial charge < -0.3 is 10.6 Å². The van der Waals surface area contributed by atoms with Gasteiger partial charge in [0, 0.05) is 10.7 Å². The van der Waals surface area contributed by atoms with Crippen LogP contribution in [0.15, 0.2) is 42.5 Å². The van der Waals surface area contributed by atoms with Crippen molar-refractivity contribution in [3.63, 3.8) is 0 Å². The number of urea groups is 1. The van der Waals surface area contributed by atoms with Crippen LogP contribution in [-0.4, -0.2) is 6.03 Å². The molecule has 2 aromatic rings. The van der Waals surface area contributed by atoms with Gasteiger partial charge in [-0.05, 0) is 42.8 Å². The summed E-state index contributed by atoms with van der Waals surface area (Å²) in [6.45, 7) is 1.87. The minimum atomic E-state index is -0.349. The zero-order valence-corrected chi connectivity index (χ0v) is 11.7. The van der Waals surface area contributed by atoms with Gasteiger partial charge >= 0.3 is 6.03 Å². The Morgan fingerprint density at radius 3 is 2.37 bits per heavy atom. The standard InChI is InChI=1S/C14H12Cl2N2O/c1-9-8-10(15)6-7-12(9)17-14(19)18-13-5-3-2-4-11(13)16/h2-8H,1H3,(H2,17,18,19). The van der Waals surface area contributed by atoms with Crippen molar-refractivity contribution >= 4 is 40.6 Å². The second-order valence-electron chi connectivity index (χ2n) is 4.02. The molecule has 0 saturated carbocycles. The van der Waals surface area contributed by atoms with Crippen LogP contribution in [0.4, 0.5) is 16.2 Å². The Balaban J connectivity index is 2.08. The highest BCUT2D eigenvalue weighted by Gasteiger charge is 2.07. The fourth-order valence-electron chi connectivity index (χ4n) is 1.61. The van der Waals surface area contributed by atoms with Crippen molar-refractivity contribution in [3.8, 4) is 0 Å². The predicted octanol–water partition coefficient (Wildman–Crippen LogP) is 4.95. The van der Waals surface area contributed by atoms with Crippen LogP contribution in [0.2, 0.25) is 10.0 Å². The highest BCUT2D eigenvalue weighted by Crippen LogP contribution is 2.22. The Morgan fingerprint density at radius 2 is 1.68 bits per heavy atom. The monoisotopic (exact) mass is 294 g/mol. The van der Waals surface area contributed by atoms with E-state index in [1.54, 1.807) is 42.5 Å². The molecule has 3 nitrogen and oxygen atoms in total. The van der Waals surface area contributed by atoms with Crippen LogP contribution in [0.5, 0.6) is 0 Å². The molecular formula is C14H12Cl2N2O. The summed E-state index contributed by atoms with van der Waals surface area (Å²) in [5, 5.41) is 6.56. The first kappa shape index (κ1) is 13.7. The molecule has 0 radical (unpaired) electrons. The van der Waals surface area contributed by atoms with Crippen LogP contribution in [0.3, 0.4) is 0 Å². The Hall–Kier alpha value is -1.71. The maximum absolute atomic E-state index is 11.9. The van der Waals surface area contributed by atoms with Gasteiger partial charge in [0.2, 0.25) is 0 Å². The number of hydrogen-bond donors (Lipinski definition) is 2. The first-order valence-corrected chi connectivity index (χ1v) is 6.40. The average Bonchev–Trinajstić information content (AvgIpc) is 2.36. The molecule has 2 aromatic carbocycles. The number of nitrogens with one attached hydrogen (secondary N) is 2. The number of carbonyl (C=O) groups is 1. The first-order chi connectivity index (χ1) is 9.06. The van der Waals surface area contributed by atoms with E-state index in [9.17, 15) is 4.79 Å². The summed E-state index contributed by atoms with van der Waals surface area (Å²) < 4.78 is 0. The van der Waals surface area contributed by atoms with E-state index in [1.165, 1.54) is 0 Å². The molecule has 0 aliphatic rings. The van der Waals surface area contributed by atoms with E-state index in [2.05, 4.69) is 10.6 Å². The number of anilines is 2. The lowest BCUT2D eigenvalue weighted by atomic mass is 10.2.